The van der Waals surface area contributed by atoms with Crippen molar-refractivity contribution in [3.63, 3.8) is 0 Å². The molecule has 1 unspecified atom stereocenters. The van der Waals surface area contributed by atoms with Gasteiger partial charge in [0.05, 0.1) is 17.7 Å². The van der Waals surface area contributed by atoms with Crippen molar-refractivity contribution in [3.05, 3.63) is 33.8 Å². The Balaban J connectivity index is 2.44. The molecule has 0 aromatic heterocycles. The number of ether oxygens (including phenoxy) is 1. The number of benzene rings is 1. The van der Waals surface area contributed by atoms with Crippen molar-refractivity contribution >= 4 is 33.7 Å². The van der Waals surface area contributed by atoms with Gasteiger partial charge in [0.25, 0.3) is 11.8 Å². The van der Waals surface area contributed by atoms with Crippen LogP contribution in [-0.4, -0.2) is 47.5 Å². The van der Waals surface area contributed by atoms with Crippen molar-refractivity contribution in [3.8, 4) is 0 Å². The minimum atomic E-state index is -1.32. The van der Waals surface area contributed by atoms with Gasteiger partial charge in [0.1, 0.15) is 0 Å². The summed E-state index contributed by atoms with van der Waals surface area (Å²) < 4.78 is 5.41. The van der Waals surface area contributed by atoms with Crippen LogP contribution >= 0.6 is 15.9 Å². The van der Waals surface area contributed by atoms with E-state index in [4.69, 9.17) is 9.84 Å². The topological polar surface area (TPSA) is 83.9 Å². The number of carboxylic acid groups (broad SMARTS) is 1. The van der Waals surface area contributed by atoms with E-state index in [1.807, 2.05) is 0 Å². The zero-order valence-electron chi connectivity index (χ0n) is 9.92. The predicted octanol–water partition coefficient (Wildman–Crippen LogP) is 1.14. The minimum Gasteiger partial charge on any atom is -0.480 e. The second-order valence-corrected chi connectivity index (χ2v) is 4.90. The van der Waals surface area contributed by atoms with Gasteiger partial charge in [-0.15, -0.1) is 0 Å². The van der Waals surface area contributed by atoms with Gasteiger partial charge in [-0.1, -0.05) is 15.9 Å². The quantitative estimate of drug-likeness (QED) is 0.838. The molecule has 0 fully saturated rings. The molecule has 0 radical (unpaired) electrons. The molecule has 1 aromatic rings. The highest BCUT2D eigenvalue weighted by molar-refractivity contribution is 9.10. The van der Waals surface area contributed by atoms with Gasteiger partial charge < -0.3 is 9.84 Å². The highest BCUT2D eigenvalue weighted by Crippen LogP contribution is 2.27. The molecule has 1 aliphatic rings. The Morgan fingerprint density at radius 1 is 1.37 bits per heavy atom. The lowest BCUT2D eigenvalue weighted by atomic mass is 10.1. The number of hydrogen-bond donors (Lipinski definition) is 1. The number of imide groups is 1. The molecule has 100 valence electrons. The fraction of sp³-hybridized carbons (Fsp3) is 0.250. The first-order valence-corrected chi connectivity index (χ1v) is 6.16. The normalized spacial score (nSPS) is 15.6. The van der Waals surface area contributed by atoms with Crippen LogP contribution in [0.4, 0.5) is 0 Å². The molecule has 19 heavy (non-hydrogen) atoms. The zero-order chi connectivity index (χ0) is 14.2. The monoisotopic (exact) mass is 327 g/mol. The summed E-state index contributed by atoms with van der Waals surface area (Å²) in [6.07, 6.45) is 0. The maximum Gasteiger partial charge on any atom is 0.329 e. The van der Waals surface area contributed by atoms with Gasteiger partial charge in [0.2, 0.25) is 0 Å². The molecule has 6 nitrogen and oxygen atoms in total. The molecule has 1 aliphatic heterocycles. The lowest BCUT2D eigenvalue weighted by Crippen LogP contribution is -2.47. The Morgan fingerprint density at radius 2 is 2.00 bits per heavy atom. The summed E-state index contributed by atoms with van der Waals surface area (Å²) in [6.45, 7) is -0.248. The van der Waals surface area contributed by atoms with E-state index in [0.717, 1.165) is 4.90 Å². The van der Waals surface area contributed by atoms with Gasteiger partial charge in [-0.25, -0.2) is 4.79 Å². The number of carbonyl (C=O) groups excluding carboxylic acids is 2. The largest absolute Gasteiger partial charge is 0.480 e. The zero-order valence-corrected chi connectivity index (χ0v) is 11.5. The number of aliphatic carboxylic acids is 1. The number of hydrogen-bond acceptors (Lipinski definition) is 4. The van der Waals surface area contributed by atoms with Crippen molar-refractivity contribution in [2.45, 2.75) is 6.04 Å². The number of fused-ring (bicyclic) bond motifs is 1. The highest BCUT2D eigenvalue weighted by atomic mass is 79.9. The summed E-state index contributed by atoms with van der Waals surface area (Å²) in [5.74, 6) is -2.52. The van der Waals surface area contributed by atoms with Gasteiger partial charge in [0.15, 0.2) is 6.04 Å². The maximum absolute atomic E-state index is 12.1. The van der Waals surface area contributed by atoms with E-state index in [9.17, 15) is 14.4 Å². The molecule has 1 aromatic carbocycles. The molecule has 2 rings (SSSR count). The second-order valence-electron chi connectivity index (χ2n) is 3.98. The first-order valence-electron chi connectivity index (χ1n) is 5.36. The van der Waals surface area contributed by atoms with Crippen molar-refractivity contribution in [2.75, 3.05) is 13.7 Å². The fourth-order valence-electron chi connectivity index (χ4n) is 1.93. The van der Waals surface area contributed by atoms with E-state index in [1.165, 1.54) is 19.2 Å². The van der Waals surface area contributed by atoms with Gasteiger partial charge in [0, 0.05) is 11.6 Å². The molecule has 1 atom stereocenters. The molecule has 1 N–H and O–H groups in total. The summed E-state index contributed by atoms with van der Waals surface area (Å²) in [6, 6.07) is 3.29. The molecule has 0 saturated heterocycles. The number of rotatable bonds is 4. The Bertz CT molecular complexity index is 571. The molecule has 2 amide bonds. The molecule has 0 spiro atoms. The van der Waals surface area contributed by atoms with E-state index < -0.39 is 23.8 Å². The summed E-state index contributed by atoms with van der Waals surface area (Å²) >= 11 is 3.21. The third-order valence-electron chi connectivity index (χ3n) is 2.80. The number of nitrogens with zero attached hydrogens (tertiary/aromatic N) is 1. The van der Waals surface area contributed by atoms with E-state index in [-0.39, 0.29) is 17.7 Å². The van der Waals surface area contributed by atoms with Crippen molar-refractivity contribution in [1.29, 1.82) is 0 Å². The Hall–Kier alpha value is -1.73. The van der Waals surface area contributed by atoms with Crippen LogP contribution in [-0.2, 0) is 9.53 Å². The van der Waals surface area contributed by atoms with Crippen LogP contribution < -0.4 is 0 Å². The molecule has 0 bridgehead atoms. The van der Waals surface area contributed by atoms with Gasteiger partial charge in [-0.3, -0.25) is 14.5 Å². The van der Waals surface area contributed by atoms with Crippen LogP contribution in [0.25, 0.3) is 0 Å². The summed E-state index contributed by atoms with van der Waals surface area (Å²) in [7, 11) is 1.31. The molecular formula is C12H10BrNO5. The van der Waals surface area contributed by atoms with Gasteiger partial charge in [-0.05, 0) is 18.2 Å². The van der Waals surface area contributed by atoms with Crippen molar-refractivity contribution in [1.82, 2.24) is 4.90 Å². The Labute approximate surface area is 117 Å². The number of carboxylic acids is 1. The van der Waals surface area contributed by atoms with E-state index in [2.05, 4.69) is 15.9 Å². The van der Waals surface area contributed by atoms with Crippen LogP contribution in [0.1, 0.15) is 20.7 Å². The molecular weight excluding hydrogens is 318 g/mol. The van der Waals surface area contributed by atoms with Crippen molar-refractivity contribution < 1.29 is 24.2 Å². The molecule has 7 heteroatoms. The van der Waals surface area contributed by atoms with E-state index in [1.54, 1.807) is 6.07 Å². The smallest absolute Gasteiger partial charge is 0.329 e. The van der Waals surface area contributed by atoms with Gasteiger partial charge >= 0.3 is 5.97 Å². The lowest BCUT2D eigenvalue weighted by Gasteiger charge is -2.21. The average molecular weight is 328 g/mol. The Kier molecular flexibility index (Phi) is 3.68. The van der Waals surface area contributed by atoms with Crippen LogP contribution in [0.3, 0.4) is 0 Å². The predicted molar refractivity (Wildman–Crippen MR) is 67.9 cm³/mol. The molecule has 1 heterocycles. The van der Waals surface area contributed by atoms with Crippen LogP contribution in [0, 0.1) is 0 Å². The SMILES string of the molecule is COCC(C(=O)O)N1C(=O)c2ccc(Br)cc2C1=O. The molecule has 0 saturated carbocycles. The van der Waals surface area contributed by atoms with Crippen LogP contribution in [0.15, 0.2) is 22.7 Å². The fourth-order valence-corrected chi connectivity index (χ4v) is 2.29. The standard InChI is InChI=1S/C12H10BrNO5/c1-19-5-9(12(17)18)14-10(15)7-3-2-6(13)4-8(7)11(14)16/h2-4,9H,5H2,1H3,(H,17,18). The lowest BCUT2D eigenvalue weighted by molar-refractivity contribution is -0.143. The third-order valence-corrected chi connectivity index (χ3v) is 3.29. The second kappa shape index (κ2) is 5.10. The molecule has 0 aliphatic carbocycles. The first-order chi connectivity index (χ1) is 8.97. The van der Waals surface area contributed by atoms with Crippen molar-refractivity contribution in [2.24, 2.45) is 0 Å². The summed E-state index contributed by atoms with van der Waals surface area (Å²) in [5.41, 5.74) is 0.400. The first kappa shape index (κ1) is 13.7. The van der Waals surface area contributed by atoms with E-state index >= 15 is 0 Å². The number of methoxy groups -OCH3 is 1. The minimum absolute atomic E-state index is 0.196. The van der Waals surface area contributed by atoms with Gasteiger partial charge in [-0.2, -0.15) is 0 Å². The number of amides is 2. The number of carbonyl (C=O) groups is 3. The average Bonchev–Trinajstić information content (AvgIpc) is 2.59. The van der Waals surface area contributed by atoms with E-state index in [0.29, 0.717) is 4.47 Å². The summed E-state index contributed by atoms with van der Waals surface area (Å²) in [5, 5.41) is 9.10. The maximum atomic E-state index is 12.1. The third kappa shape index (κ3) is 2.26. The highest BCUT2D eigenvalue weighted by Gasteiger charge is 2.42. The number of halogens is 1. The summed E-state index contributed by atoms with van der Waals surface area (Å²) in [4.78, 5) is 36.1. The Morgan fingerprint density at radius 3 is 2.58 bits per heavy atom. The van der Waals surface area contributed by atoms with Crippen LogP contribution in [0.5, 0.6) is 0 Å². The van der Waals surface area contributed by atoms with Crippen LogP contribution in [0.2, 0.25) is 0 Å².